The second-order valence-corrected chi connectivity index (χ2v) is 9.17. The number of rotatable bonds is 5. The first-order chi connectivity index (χ1) is 12.4. The van der Waals surface area contributed by atoms with Gasteiger partial charge in [0.2, 0.25) is 0 Å². The van der Waals surface area contributed by atoms with Crippen LogP contribution < -0.4 is 10.6 Å². The Morgan fingerprint density at radius 1 is 1.15 bits per heavy atom. The third-order valence-corrected chi connectivity index (χ3v) is 5.68. The van der Waals surface area contributed by atoms with Gasteiger partial charge in [0, 0.05) is 31.7 Å². The van der Waals surface area contributed by atoms with E-state index in [1.807, 2.05) is 32.7 Å². The van der Waals surface area contributed by atoms with Gasteiger partial charge in [0.15, 0.2) is 5.96 Å². The molecule has 0 aromatic carbocycles. The molecule has 2 unspecified atom stereocenters. The first kappa shape index (κ1) is 19.3. The van der Waals surface area contributed by atoms with Gasteiger partial charge in [-0.05, 0) is 65.2 Å². The molecule has 6 heteroatoms. The summed E-state index contributed by atoms with van der Waals surface area (Å²) < 4.78 is 5.62. The van der Waals surface area contributed by atoms with Gasteiger partial charge in [-0.3, -0.25) is 4.99 Å². The molecule has 3 aliphatic rings. The maximum Gasteiger partial charge on any atom is 0.410 e. The number of guanidine groups is 1. The van der Waals surface area contributed by atoms with Gasteiger partial charge in [-0.15, -0.1) is 0 Å². The molecule has 1 aliphatic carbocycles. The third kappa shape index (κ3) is 5.27. The lowest BCUT2D eigenvalue weighted by Gasteiger charge is -2.40. The van der Waals surface area contributed by atoms with Crippen LogP contribution in [0.5, 0.6) is 0 Å². The number of carbonyl (C=O) groups excluding carboxylic acids is 1. The normalized spacial score (nSPS) is 28.8. The van der Waals surface area contributed by atoms with Crippen LogP contribution >= 0.6 is 0 Å². The Morgan fingerprint density at radius 2 is 1.81 bits per heavy atom. The Bertz CT molecular complexity index is 510. The summed E-state index contributed by atoms with van der Waals surface area (Å²) in [4.78, 5) is 18.9. The molecule has 2 atom stereocenters. The van der Waals surface area contributed by atoms with Gasteiger partial charge >= 0.3 is 6.09 Å². The van der Waals surface area contributed by atoms with Crippen molar-refractivity contribution in [1.82, 2.24) is 15.5 Å². The topological polar surface area (TPSA) is 66.0 Å². The predicted molar refractivity (Wildman–Crippen MR) is 104 cm³/mol. The molecule has 0 radical (unpaired) electrons. The van der Waals surface area contributed by atoms with Crippen molar-refractivity contribution in [2.45, 2.75) is 95.9 Å². The van der Waals surface area contributed by atoms with Crippen molar-refractivity contribution in [2.24, 2.45) is 10.9 Å². The van der Waals surface area contributed by atoms with Crippen LogP contribution in [0, 0.1) is 5.92 Å². The van der Waals surface area contributed by atoms with E-state index in [1.54, 1.807) is 0 Å². The van der Waals surface area contributed by atoms with Gasteiger partial charge in [0.05, 0.1) is 0 Å². The van der Waals surface area contributed by atoms with E-state index in [9.17, 15) is 4.79 Å². The largest absolute Gasteiger partial charge is 0.444 e. The van der Waals surface area contributed by atoms with Crippen molar-refractivity contribution in [3.63, 3.8) is 0 Å². The molecule has 6 nitrogen and oxygen atoms in total. The molecule has 148 valence electrons. The molecule has 0 spiro atoms. The molecule has 2 bridgehead atoms. The number of aliphatic imine (C=N–C) groups is 1. The molecule has 0 aromatic heterocycles. The summed E-state index contributed by atoms with van der Waals surface area (Å²) in [6, 6.07) is 0.948. The summed E-state index contributed by atoms with van der Waals surface area (Å²) in [5, 5.41) is 7.03. The molecule has 3 rings (SSSR count). The quantitative estimate of drug-likeness (QED) is 0.446. The van der Waals surface area contributed by atoms with E-state index in [4.69, 9.17) is 4.74 Å². The zero-order valence-corrected chi connectivity index (χ0v) is 16.9. The smallest absolute Gasteiger partial charge is 0.410 e. The zero-order valence-electron chi connectivity index (χ0n) is 16.9. The third-order valence-electron chi connectivity index (χ3n) is 5.68. The number of nitrogens with zero attached hydrogens (tertiary/aromatic N) is 2. The van der Waals surface area contributed by atoms with Gasteiger partial charge in [0.1, 0.15) is 5.60 Å². The van der Waals surface area contributed by atoms with Crippen LogP contribution in [0.15, 0.2) is 4.99 Å². The van der Waals surface area contributed by atoms with E-state index in [0.29, 0.717) is 6.04 Å². The Hall–Kier alpha value is -1.46. The van der Waals surface area contributed by atoms with Crippen LogP contribution in [-0.2, 0) is 4.74 Å². The summed E-state index contributed by atoms with van der Waals surface area (Å²) in [5.74, 6) is 1.88. The van der Waals surface area contributed by atoms with Gasteiger partial charge in [-0.1, -0.05) is 12.8 Å². The van der Waals surface area contributed by atoms with Crippen molar-refractivity contribution in [3.05, 3.63) is 0 Å². The van der Waals surface area contributed by atoms with E-state index in [0.717, 1.165) is 44.1 Å². The highest BCUT2D eigenvalue weighted by Crippen LogP contribution is 2.37. The van der Waals surface area contributed by atoms with E-state index < -0.39 is 5.60 Å². The molecule has 26 heavy (non-hydrogen) atoms. The zero-order chi connectivity index (χ0) is 18.7. The fraction of sp³-hybridized carbons (Fsp3) is 0.900. The van der Waals surface area contributed by atoms with Gasteiger partial charge in [-0.2, -0.15) is 0 Å². The molecular weight excluding hydrogens is 328 g/mol. The molecule has 1 amide bonds. The SMILES string of the molecule is CN=C(NCCCC1CC1)NC1CC2CCC(C1)N2C(=O)OC(C)(C)C. The lowest BCUT2D eigenvalue weighted by molar-refractivity contribution is 0.00545. The number of ether oxygens (including phenoxy) is 1. The monoisotopic (exact) mass is 364 g/mol. The summed E-state index contributed by atoms with van der Waals surface area (Å²) in [6.45, 7) is 6.78. The Labute approximate surface area is 158 Å². The lowest BCUT2D eigenvalue weighted by Crippen LogP contribution is -2.55. The number of hydrogen-bond donors (Lipinski definition) is 2. The van der Waals surface area contributed by atoms with Crippen LogP contribution in [0.1, 0.15) is 72.1 Å². The second-order valence-electron chi connectivity index (χ2n) is 9.17. The van der Waals surface area contributed by atoms with E-state index in [2.05, 4.69) is 15.6 Å². The van der Waals surface area contributed by atoms with Gasteiger partial charge < -0.3 is 20.3 Å². The maximum atomic E-state index is 12.5. The number of carbonyl (C=O) groups is 1. The molecule has 2 saturated heterocycles. The minimum absolute atomic E-state index is 0.147. The number of piperidine rings is 1. The van der Waals surface area contributed by atoms with Crippen molar-refractivity contribution in [2.75, 3.05) is 13.6 Å². The molecular formula is C20H36N4O2. The standard InChI is InChI=1S/C20H36N4O2/c1-20(2,3)26-19(25)24-16-9-10-17(24)13-15(12-16)23-18(21-4)22-11-5-6-14-7-8-14/h14-17H,5-13H2,1-4H3,(H2,21,22,23). The van der Waals surface area contributed by atoms with Crippen LogP contribution in [-0.4, -0.2) is 54.3 Å². The fourth-order valence-corrected chi connectivity index (χ4v) is 4.30. The predicted octanol–water partition coefficient (Wildman–Crippen LogP) is 3.27. The molecule has 0 aromatic rings. The van der Waals surface area contributed by atoms with E-state index >= 15 is 0 Å². The highest BCUT2D eigenvalue weighted by atomic mass is 16.6. The van der Waals surface area contributed by atoms with Crippen LogP contribution in [0.25, 0.3) is 0 Å². The molecule has 3 fully saturated rings. The van der Waals surface area contributed by atoms with Crippen LogP contribution in [0.2, 0.25) is 0 Å². The van der Waals surface area contributed by atoms with E-state index in [-0.39, 0.29) is 18.2 Å². The minimum atomic E-state index is -0.432. The Balaban J connectivity index is 1.45. The highest BCUT2D eigenvalue weighted by molar-refractivity contribution is 5.80. The van der Waals surface area contributed by atoms with Crippen LogP contribution in [0.4, 0.5) is 4.79 Å². The van der Waals surface area contributed by atoms with Gasteiger partial charge in [0.25, 0.3) is 0 Å². The summed E-state index contributed by atoms with van der Waals surface area (Å²) >= 11 is 0. The molecule has 2 heterocycles. The lowest BCUT2D eigenvalue weighted by atomic mass is 9.98. The van der Waals surface area contributed by atoms with Crippen molar-refractivity contribution in [3.8, 4) is 0 Å². The molecule has 1 saturated carbocycles. The summed E-state index contributed by atoms with van der Waals surface area (Å²) in [6.07, 6.45) is 9.35. The van der Waals surface area contributed by atoms with Crippen molar-refractivity contribution >= 4 is 12.1 Å². The Morgan fingerprint density at radius 3 is 2.35 bits per heavy atom. The second kappa shape index (κ2) is 8.05. The first-order valence-corrected chi connectivity index (χ1v) is 10.3. The number of fused-ring (bicyclic) bond motifs is 2. The number of amides is 1. The fourth-order valence-electron chi connectivity index (χ4n) is 4.30. The minimum Gasteiger partial charge on any atom is -0.444 e. The van der Waals surface area contributed by atoms with Crippen LogP contribution in [0.3, 0.4) is 0 Å². The molecule has 2 aliphatic heterocycles. The van der Waals surface area contributed by atoms with E-state index in [1.165, 1.54) is 25.7 Å². The van der Waals surface area contributed by atoms with Crippen molar-refractivity contribution < 1.29 is 9.53 Å². The average Bonchev–Trinajstić information content (AvgIpc) is 3.33. The van der Waals surface area contributed by atoms with Crippen molar-refractivity contribution in [1.29, 1.82) is 0 Å². The Kier molecular flexibility index (Phi) is 5.98. The highest BCUT2D eigenvalue weighted by Gasteiger charge is 2.45. The average molecular weight is 365 g/mol. The number of nitrogens with one attached hydrogen (secondary N) is 2. The van der Waals surface area contributed by atoms with Gasteiger partial charge in [-0.25, -0.2) is 4.79 Å². The summed E-state index contributed by atoms with van der Waals surface area (Å²) in [7, 11) is 1.83. The summed E-state index contributed by atoms with van der Waals surface area (Å²) in [5.41, 5.74) is -0.432. The first-order valence-electron chi connectivity index (χ1n) is 10.3. The maximum absolute atomic E-state index is 12.5. The molecule has 2 N–H and O–H groups in total. The number of hydrogen-bond acceptors (Lipinski definition) is 3.